The first-order valence-electron chi connectivity index (χ1n) is 3.17. The van der Waals surface area contributed by atoms with Gasteiger partial charge in [-0.05, 0) is 0 Å². The summed E-state index contributed by atoms with van der Waals surface area (Å²) in [6.45, 7) is -0.0875. The molecule has 1 rings (SSSR count). The maximum atomic E-state index is 8.69. The third kappa shape index (κ3) is 1.28. The molecule has 0 bridgehead atoms. The Morgan fingerprint density at radius 3 is 2.40 bits per heavy atom. The molecule has 0 saturated carbocycles. The van der Waals surface area contributed by atoms with Crippen LogP contribution in [0.1, 0.15) is 0 Å². The predicted octanol–water partition coefficient (Wildman–Crippen LogP) is 1.16. The van der Waals surface area contributed by atoms with E-state index in [1.165, 1.54) is 0 Å². The standard InChI is InChI=1S/C8H10O2/c9-5-8(6-10)7-3-1-2-4-7/h1-5,7,9-10H,6H2/b8-5-. The highest BCUT2D eigenvalue weighted by Gasteiger charge is 2.08. The van der Waals surface area contributed by atoms with Gasteiger partial charge >= 0.3 is 0 Å². The van der Waals surface area contributed by atoms with E-state index in [9.17, 15) is 0 Å². The van der Waals surface area contributed by atoms with Crippen molar-refractivity contribution >= 4 is 0 Å². The molecule has 0 aromatic heterocycles. The topological polar surface area (TPSA) is 40.5 Å². The number of hydrogen-bond acceptors (Lipinski definition) is 2. The lowest BCUT2D eigenvalue weighted by atomic mass is 10.0. The molecular weight excluding hydrogens is 128 g/mol. The van der Waals surface area contributed by atoms with E-state index in [1.807, 2.05) is 24.3 Å². The second-order valence-electron chi connectivity index (χ2n) is 2.16. The summed E-state index contributed by atoms with van der Waals surface area (Å²) in [5.41, 5.74) is 0.630. The molecule has 0 saturated heterocycles. The van der Waals surface area contributed by atoms with Gasteiger partial charge in [-0.25, -0.2) is 0 Å². The van der Waals surface area contributed by atoms with Crippen LogP contribution < -0.4 is 0 Å². The Labute approximate surface area is 59.8 Å². The van der Waals surface area contributed by atoms with Gasteiger partial charge in [0, 0.05) is 11.5 Å². The Kier molecular flexibility index (Phi) is 2.29. The molecule has 2 nitrogen and oxygen atoms in total. The molecule has 0 unspecified atom stereocenters. The minimum Gasteiger partial charge on any atom is -0.516 e. The predicted molar refractivity (Wildman–Crippen MR) is 39.6 cm³/mol. The Balaban J connectivity index is 2.63. The molecular formula is C8H10O2. The summed E-state index contributed by atoms with van der Waals surface area (Å²) in [6, 6.07) is 0. The SMILES string of the molecule is O/C=C(/CO)C1C=CC=C1. The van der Waals surface area contributed by atoms with E-state index >= 15 is 0 Å². The lowest BCUT2D eigenvalue weighted by Gasteiger charge is -2.04. The number of aliphatic hydroxyl groups excluding tert-OH is 2. The number of aliphatic hydroxyl groups is 2. The van der Waals surface area contributed by atoms with Crippen molar-refractivity contribution in [3.05, 3.63) is 36.1 Å². The minimum absolute atomic E-state index is 0.0875. The molecule has 0 heterocycles. The minimum atomic E-state index is -0.0875. The highest BCUT2D eigenvalue weighted by Crippen LogP contribution is 2.17. The van der Waals surface area contributed by atoms with E-state index < -0.39 is 0 Å². The van der Waals surface area contributed by atoms with E-state index in [0.29, 0.717) is 5.57 Å². The first kappa shape index (κ1) is 7.09. The van der Waals surface area contributed by atoms with E-state index in [4.69, 9.17) is 10.2 Å². The molecule has 10 heavy (non-hydrogen) atoms. The van der Waals surface area contributed by atoms with Crippen molar-refractivity contribution in [2.75, 3.05) is 6.61 Å². The smallest absolute Gasteiger partial charge is 0.0815 e. The Bertz CT molecular complexity index is 177. The lowest BCUT2D eigenvalue weighted by molar-refractivity contribution is 0.315. The lowest BCUT2D eigenvalue weighted by Crippen LogP contribution is -2.00. The van der Waals surface area contributed by atoms with Gasteiger partial charge in [-0.15, -0.1) is 0 Å². The summed E-state index contributed by atoms with van der Waals surface area (Å²) >= 11 is 0. The second kappa shape index (κ2) is 3.22. The summed E-state index contributed by atoms with van der Waals surface area (Å²) in [6.07, 6.45) is 8.58. The fraction of sp³-hybridized carbons (Fsp3) is 0.250. The van der Waals surface area contributed by atoms with Gasteiger partial charge in [0.25, 0.3) is 0 Å². The van der Waals surface area contributed by atoms with Crippen molar-refractivity contribution in [1.29, 1.82) is 0 Å². The average Bonchev–Trinajstić information content (AvgIpc) is 2.43. The highest BCUT2D eigenvalue weighted by atomic mass is 16.3. The molecule has 0 aromatic rings. The maximum absolute atomic E-state index is 8.69. The molecule has 1 aliphatic rings. The van der Waals surface area contributed by atoms with Crippen molar-refractivity contribution in [2.24, 2.45) is 5.92 Å². The number of allylic oxidation sites excluding steroid dienone is 4. The molecule has 1 aliphatic carbocycles. The van der Waals surface area contributed by atoms with Crippen LogP contribution in [0.3, 0.4) is 0 Å². The zero-order chi connectivity index (χ0) is 7.40. The van der Waals surface area contributed by atoms with Gasteiger partial charge < -0.3 is 10.2 Å². The number of rotatable bonds is 2. The quantitative estimate of drug-likeness (QED) is 0.562. The molecule has 2 N–H and O–H groups in total. The fourth-order valence-corrected chi connectivity index (χ4v) is 0.911. The Morgan fingerprint density at radius 2 is 2.00 bits per heavy atom. The highest BCUT2D eigenvalue weighted by molar-refractivity contribution is 5.27. The van der Waals surface area contributed by atoms with E-state index in [-0.39, 0.29) is 12.5 Å². The zero-order valence-electron chi connectivity index (χ0n) is 5.57. The largest absolute Gasteiger partial charge is 0.516 e. The molecule has 2 heteroatoms. The van der Waals surface area contributed by atoms with Gasteiger partial charge in [-0.3, -0.25) is 0 Å². The van der Waals surface area contributed by atoms with Gasteiger partial charge in [-0.2, -0.15) is 0 Å². The van der Waals surface area contributed by atoms with Gasteiger partial charge in [0.1, 0.15) is 0 Å². The average molecular weight is 138 g/mol. The molecule has 0 aliphatic heterocycles. The van der Waals surface area contributed by atoms with Crippen molar-refractivity contribution in [2.45, 2.75) is 0 Å². The first-order chi connectivity index (χ1) is 4.88. The van der Waals surface area contributed by atoms with Gasteiger partial charge in [0.05, 0.1) is 12.9 Å². The monoisotopic (exact) mass is 138 g/mol. The Morgan fingerprint density at radius 1 is 1.40 bits per heavy atom. The zero-order valence-corrected chi connectivity index (χ0v) is 5.57. The summed E-state index contributed by atoms with van der Waals surface area (Å²) in [7, 11) is 0. The summed E-state index contributed by atoms with van der Waals surface area (Å²) in [5.74, 6) is 0.0926. The van der Waals surface area contributed by atoms with Crippen LogP contribution in [0.5, 0.6) is 0 Å². The van der Waals surface area contributed by atoms with E-state index in [1.54, 1.807) is 0 Å². The van der Waals surface area contributed by atoms with Crippen LogP contribution in [0.2, 0.25) is 0 Å². The third-order valence-corrected chi connectivity index (χ3v) is 1.52. The van der Waals surface area contributed by atoms with Crippen LogP contribution in [0, 0.1) is 5.92 Å². The number of hydrogen-bond donors (Lipinski definition) is 2. The van der Waals surface area contributed by atoms with Crippen molar-refractivity contribution in [1.82, 2.24) is 0 Å². The van der Waals surface area contributed by atoms with Gasteiger partial charge in [-0.1, -0.05) is 24.3 Å². The van der Waals surface area contributed by atoms with Crippen LogP contribution in [-0.4, -0.2) is 16.8 Å². The first-order valence-corrected chi connectivity index (χ1v) is 3.17. The maximum Gasteiger partial charge on any atom is 0.0815 e. The molecule has 0 amide bonds. The van der Waals surface area contributed by atoms with Crippen LogP contribution in [-0.2, 0) is 0 Å². The van der Waals surface area contributed by atoms with Crippen LogP contribution in [0.15, 0.2) is 36.1 Å². The van der Waals surface area contributed by atoms with Crippen LogP contribution in [0.25, 0.3) is 0 Å². The van der Waals surface area contributed by atoms with Gasteiger partial charge in [0.2, 0.25) is 0 Å². The molecule has 0 aromatic carbocycles. The van der Waals surface area contributed by atoms with Crippen molar-refractivity contribution in [3.63, 3.8) is 0 Å². The summed E-state index contributed by atoms with van der Waals surface area (Å²) < 4.78 is 0. The molecule has 0 spiro atoms. The van der Waals surface area contributed by atoms with Gasteiger partial charge in [0.15, 0.2) is 0 Å². The van der Waals surface area contributed by atoms with E-state index in [2.05, 4.69) is 0 Å². The van der Waals surface area contributed by atoms with Crippen molar-refractivity contribution < 1.29 is 10.2 Å². The van der Waals surface area contributed by atoms with Crippen molar-refractivity contribution in [3.8, 4) is 0 Å². The van der Waals surface area contributed by atoms with E-state index in [0.717, 1.165) is 6.26 Å². The molecule has 0 fully saturated rings. The third-order valence-electron chi connectivity index (χ3n) is 1.52. The summed E-state index contributed by atoms with van der Waals surface area (Å²) in [5, 5.41) is 17.3. The van der Waals surface area contributed by atoms with Crippen LogP contribution >= 0.6 is 0 Å². The molecule has 0 atom stereocenters. The normalized spacial score (nSPS) is 18.7. The molecule has 54 valence electrons. The summed E-state index contributed by atoms with van der Waals surface area (Å²) in [4.78, 5) is 0. The Hall–Kier alpha value is -1.02. The fourth-order valence-electron chi connectivity index (χ4n) is 0.911. The molecule has 0 radical (unpaired) electrons. The van der Waals surface area contributed by atoms with Crippen LogP contribution in [0.4, 0.5) is 0 Å². The second-order valence-corrected chi connectivity index (χ2v) is 2.16.